The maximum Gasteiger partial charge on any atom is 0.306 e. The summed E-state index contributed by atoms with van der Waals surface area (Å²) in [6.45, 7) is 1.46. The molecule has 0 unspecified atom stereocenters. The summed E-state index contributed by atoms with van der Waals surface area (Å²) in [5.41, 5.74) is 1.08. The Morgan fingerprint density at radius 2 is 2.05 bits per heavy atom. The molecule has 1 aromatic carbocycles. The molecule has 0 radical (unpaired) electrons. The molecule has 1 fully saturated rings. The first-order valence-electron chi connectivity index (χ1n) is 7.35. The predicted octanol–water partition coefficient (Wildman–Crippen LogP) is 2.04. The molecule has 0 bridgehead atoms. The Bertz CT molecular complexity index is 476. The van der Waals surface area contributed by atoms with Crippen molar-refractivity contribution in [1.82, 2.24) is 4.90 Å². The van der Waals surface area contributed by atoms with Gasteiger partial charge >= 0.3 is 5.97 Å². The van der Waals surface area contributed by atoms with E-state index in [-0.39, 0.29) is 30.8 Å². The van der Waals surface area contributed by atoms with Crippen molar-refractivity contribution in [2.24, 2.45) is 0 Å². The summed E-state index contributed by atoms with van der Waals surface area (Å²) in [7, 11) is 1.34. The molecule has 1 heterocycles. The lowest BCUT2D eigenvalue weighted by molar-refractivity contribution is -0.143. The number of hydrogen-bond acceptors (Lipinski definition) is 4. The lowest BCUT2D eigenvalue weighted by Crippen LogP contribution is -2.45. The van der Waals surface area contributed by atoms with Crippen molar-refractivity contribution in [3.05, 3.63) is 30.3 Å². The zero-order valence-electron chi connectivity index (χ0n) is 12.4. The van der Waals surface area contributed by atoms with Gasteiger partial charge in [0.2, 0.25) is 5.91 Å². The molecule has 114 valence electrons. The summed E-state index contributed by atoms with van der Waals surface area (Å²) in [5, 5.41) is 3.46. The van der Waals surface area contributed by atoms with Gasteiger partial charge in [-0.15, -0.1) is 0 Å². The molecule has 0 spiro atoms. The number of para-hydroxylation sites is 1. The number of carbonyl (C=O) groups excluding carboxylic acids is 2. The Kier molecular flexibility index (Phi) is 5.60. The lowest BCUT2D eigenvalue weighted by atomic mass is 10.0. The van der Waals surface area contributed by atoms with Crippen LogP contribution in [0.2, 0.25) is 0 Å². The largest absolute Gasteiger partial charge is 0.469 e. The lowest BCUT2D eigenvalue weighted by Gasteiger charge is -2.33. The molecule has 21 heavy (non-hydrogen) atoms. The number of anilines is 1. The number of nitrogens with one attached hydrogen (secondary N) is 1. The van der Waals surface area contributed by atoms with E-state index < -0.39 is 0 Å². The Labute approximate surface area is 125 Å². The third-order valence-corrected chi connectivity index (χ3v) is 3.69. The fourth-order valence-electron chi connectivity index (χ4n) is 2.56. The minimum absolute atomic E-state index is 0.0277. The van der Waals surface area contributed by atoms with E-state index in [1.165, 1.54) is 7.11 Å². The summed E-state index contributed by atoms with van der Waals surface area (Å²) in [5.74, 6) is -0.306. The molecule has 5 nitrogen and oxygen atoms in total. The van der Waals surface area contributed by atoms with Gasteiger partial charge in [-0.05, 0) is 25.0 Å². The van der Waals surface area contributed by atoms with Gasteiger partial charge in [-0.25, -0.2) is 0 Å². The number of nitrogens with zero attached hydrogens (tertiary/aromatic N) is 1. The van der Waals surface area contributed by atoms with Gasteiger partial charge in [0.05, 0.1) is 13.5 Å². The zero-order chi connectivity index (χ0) is 15.1. The standard InChI is InChI=1S/C16H22N2O3/c1-21-16(20)10-9-15(19)18-11-5-8-14(12-18)17-13-6-3-2-4-7-13/h2-4,6-7,14,17H,5,8-12H2,1H3/t14-/m1/s1. The monoisotopic (exact) mass is 290 g/mol. The highest BCUT2D eigenvalue weighted by Gasteiger charge is 2.23. The number of benzene rings is 1. The van der Waals surface area contributed by atoms with Crippen molar-refractivity contribution in [1.29, 1.82) is 0 Å². The van der Waals surface area contributed by atoms with Crippen molar-refractivity contribution >= 4 is 17.6 Å². The number of rotatable bonds is 5. The molecule has 1 amide bonds. The number of piperidine rings is 1. The number of amides is 1. The van der Waals surface area contributed by atoms with E-state index in [9.17, 15) is 9.59 Å². The minimum Gasteiger partial charge on any atom is -0.469 e. The molecule has 1 saturated heterocycles. The Morgan fingerprint density at radius 3 is 2.76 bits per heavy atom. The molecule has 0 aromatic heterocycles. The fraction of sp³-hybridized carbons (Fsp3) is 0.500. The normalized spacial score (nSPS) is 18.1. The van der Waals surface area contributed by atoms with Gasteiger partial charge in [0.15, 0.2) is 0 Å². The average molecular weight is 290 g/mol. The number of methoxy groups -OCH3 is 1. The van der Waals surface area contributed by atoms with Crippen molar-refractivity contribution < 1.29 is 14.3 Å². The molecule has 2 rings (SSSR count). The van der Waals surface area contributed by atoms with E-state index in [1.54, 1.807) is 0 Å². The molecular formula is C16H22N2O3. The van der Waals surface area contributed by atoms with Crippen LogP contribution >= 0.6 is 0 Å². The first-order valence-corrected chi connectivity index (χ1v) is 7.35. The van der Waals surface area contributed by atoms with Crippen molar-refractivity contribution in [3.63, 3.8) is 0 Å². The summed E-state index contributed by atoms with van der Waals surface area (Å²) in [6, 6.07) is 10.3. The highest BCUT2D eigenvalue weighted by Crippen LogP contribution is 2.16. The second-order valence-electron chi connectivity index (χ2n) is 5.27. The second kappa shape index (κ2) is 7.67. The van der Waals surface area contributed by atoms with Crippen LogP contribution < -0.4 is 5.32 Å². The fourth-order valence-corrected chi connectivity index (χ4v) is 2.56. The topological polar surface area (TPSA) is 58.6 Å². The van der Waals surface area contributed by atoms with Crippen molar-refractivity contribution in [2.45, 2.75) is 31.7 Å². The van der Waals surface area contributed by atoms with E-state index in [4.69, 9.17) is 0 Å². The number of hydrogen-bond donors (Lipinski definition) is 1. The van der Waals surface area contributed by atoms with E-state index >= 15 is 0 Å². The van der Waals surface area contributed by atoms with Crippen LogP contribution in [-0.4, -0.2) is 43.0 Å². The van der Waals surface area contributed by atoms with Crippen molar-refractivity contribution in [2.75, 3.05) is 25.5 Å². The quantitative estimate of drug-likeness (QED) is 0.843. The van der Waals surface area contributed by atoms with Crippen LogP contribution in [0.5, 0.6) is 0 Å². The number of ether oxygens (including phenoxy) is 1. The number of likely N-dealkylation sites (tertiary alicyclic amines) is 1. The highest BCUT2D eigenvalue weighted by atomic mass is 16.5. The van der Waals surface area contributed by atoms with Crippen LogP contribution in [0.25, 0.3) is 0 Å². The first-order chi connectivity index (χ1) is 10.2. The van der Waals surface area contributed by atoms with E-state index in [1.807, 2.05) is 35.2 Å². The number of carbonyl (C=O) groups is 2. The van der Waals surface area contributed by atoms with Crippen LogP contribution in [-0.2, 0) is 14.3 Å². The molecule has 1 aromatic rings. The SMILES string of the molecule is COC(=O)CCC(=O)N1CCC[C@@H](Nc2ccccc2)C1. The predicted molar refractivity (Wildman–Crippen MR) is 80.9 cm³/mol. The molecule has 5 heteroatoms. The van der Waals surface area contributed by atoms with E-state index in [2.05, 4.69) is 10.1 Å². The minimum atomic E-state index is -0.334. The first kappa shape index (κ1) is 15.4. The zero-order valence-corrected chi connectivity index (χ0v) is 12.4. The van der Waals surface area contributed by atoms with Gasteiger partial charge < -0.3 is 15.0 Å². The van der Waals surface area contributed by atoms with E-state index in [0.29, 0.717) is 6.54 Å². The summed E-state index contributed by atoms with van der Waals surface area (Å²) in [6.07, 6.45) is 2.41. The third-order valence-electron chi connectivity index (χ3n) is 3.69. The molecule has 1 aliphatic heterocycles. The van der Waals surface area contributed by atoms with Gasteiger partial charge in [-0.3, -0.25) is 9.59 Å². The molecule has 1 N–H and O–H groups in total. The summed E-state index contributed by atoms with van der Waals surface area (Å²) < 4.78 is 4.57. The molecule has 1 aliphatic rings. The van der Waals surface area contributed by atoms with Crippen LogP contribution in [0, 0.1) is 0 Å². The van der Waals surface area contributed by atoms with Crippen LogP contribution in [0.1, 0.15) is 25.7 Å². The Balaban J connectivity index is 1.82. The second-order valence-corrected chi connectivity index (χ2v) is 5.27. The van der Waals surface area contributed by atoms with Gasteiger partial charge in [-0.1, -0.05) is 18.2 Å². The van der Waals surface area contributed by atoms with Gasteiger partial charge in [0.25, 0.3) is 0 Å². The Morgan fingerprint density at radius 1 is 1.29 bits per heavy atom. The highest BCUT2D eigenvalue weighted by molar-refractivity contribution is 5.81. The van der Waals surface area contributed by atoms with Crippen LogP contribution in [0.15, 0.2) is 30.3 Å². The molecular weight excluding hydrogens is 268 g/mol. The molecule has 1 atom stereocenters. The molecule has 0 saturated carbocycles. The average Bonchev–Trinajstić information content (AvgIpc) is 2.53. The summed E-state index contributed by atoms with van der Waals surface area (Å²) >= 11 is 0. The smallest absolute Gasteiger partial charge is 0.306 e. The van der Waals surface area contributed by atoms with Gasteiger partial charge in [0, 0.05) is 31.2 Å². The van der Waals surface area contributed by atoms with Crippen LogP contribution in [0.4, 0.5) is 5.69 Å². The Hall–Kier alpha value is -2.04. The molecule has 0 aliphatic carbocycles. The van der Waals surface area contributed by atoms with Gasteiger partial charge in [-0.2, -0.15) is 0 Å². The maximum absolute atomic E-state index is 12.1. The number of esters is 1. The van der Waals surface area contributed by atoms with Crippen LogP contribution in [0.3, 0.4) is 0 Å². The summed E-state index contributed by atoms with van der Waals surface area (Å²) in [4.78, 5) is 25.0. The van der Waals surface area contributed by atoms with E-state index in [0.717, 1.165) is 25.1 Å². The third kappa shape index (κ3) is 4.77. The van der Waals surface area contributed by atoms with Crippen molar-refractivity contribution in [3.8, 4) is 0 Å². The maximum atomic E-state index is 12.1. The van der Waals surface area contributed by atoms with Gasteiger partial charge in [0.1, 0.15) is 0 Å².